The van der Waals surface area contributed by atoms with Gasteiger partial charge in [0, 0.05) is 60.9 Å². The summed E-state index contributed by atoms with van der Waals surface area (Å²) in [7, 11) is 0. The normalized spacial score (nSPS) is 14.1. The van der Waals surface area contributed by atoms with Crippen LogP contribution in [0.15, 0.2) is 67.0 Å². The number of hydrogen-bond donors (Lipinski definition) is 2. The summed E-state index contributed by atoms with van der Waals surface area (Å²) < 4.78 is 0. The number of benzene rings is 2. The molecule has 0 atom stereocenters. The summed E-state index contributed by atoms with van der Waals surface area (Å²) >= 11 is 6.40. The Morgan fingerprint density at radius 1 is 0.933 bits per heavy atom. The Balaban J connectivity index is 1.44. The first-order valence-electron chi connectivity index (χ1n) is 9.97. The minimum absolute atomic E-state index is 0.527. The third kappa shape index (κ3) is 3.79. The predicted octanol–water partition coefficient (Wildman–Crippen LogP) is 4.50. The lowest BCUT2D eigenvalue weighted by atomic mass is 10.1. The lowest BCUT2D eigenvalue weighted by Gasteiger charge is -2.29. The summed E-state index contributed by atoms with van der Waals surface area (Å²) in [5, 5.41) is 8.25. The maximum absolute atomic E-state index is 6.40. The fourth-order valence-electron chi connectivity index (χ4n) is 3.67. The molecule has 1 aliphatic heterocycles. The molecule has 1 saturated heterocycles. The largest absolute Gasteiger partial charge is 0.369 e. The van der Waals surface area contributed by atoms with Gasteiger partial charge >= 0.3 is 0 Å². The van der Waals surface area contributed by atoms with E-state index in [0.29, 0.717) is 11.0 Å². The molecule has 0 radical (unpaired) electrons. The van der Waals surface area contributed by atoms with Crippen molar-refractivity contribution in [1.82, 2.24) is 20.3 Å². The summed E-state index contributed by atoms with van der Waals surface area (Å²) in [6.07, 6.45) is 3.56. The van der Waals surface area contributed by atoms with Crippen molar-refractivity contribution < 1.29 is 0 Å². The number of aromatic nitrogens is 3. The van der Waals surface area contributed by atoms with Crippen LogP contribution in [0.25, 0.3) is 22.2 Å². The minimum Gasteiger partial charge on any atom is -0.369 e. The van der Waals surface area contributed by atoms with Crippen molar-refractivity contribution in [2.45, 2.75) is 0 Å². The van der Waals surface area contributed by atoms with Crippen LogP contribution in [-0.4, -0.2) is 41.1 Å². The fraction of sp³-hybridized carbons (Fsp3) is 0.174. The zero-order valence-electron chi connectivity index (χ0n) is 16.3. The van der Waals surface area contributed by atoms with E-state index in [1.807, 2.05) is 36.5 Å². The number of anilines is 3. The van der Waals surface area contributed by atoms with Crippen molar-refractivity contribution in [3.8, 4) is 11.3 Å². The number of rotatable bonds is 4. The highest BCUT2D eigenvalue weighted by atomic mass is 35.5. The quantitative estimate of drug-likeness (QED) is 0.510. The van der Waals surface area contributed by atoms with Gasteiger partial charge < -0.3 is 15.5 Å². The maximum Gasteiger partial charge on any atom is 0.227 e. The summed E-state index contributed by atoms with van der Waals surface area (Å²) in [6.45, 7) is 4.09. The topological polar surface area (TPSA) is 66.0 Å². The third-order valence-corrected chi connectivity index (χ3v) is 5.56. The van der Waals surface area contributed by atoms with Gasteiger partial charge in [0.25, 0.3) is 0 Å². The van der Waals surface area contributed by atoms with Gasteiger partial charge in [-0.25, -0.2) is 9.97 Å². The van der Waals surface area contributed by atoms with Crippen molar-refractivity contribution in [1.29, 1.82) is 0 Å². The minimum atomic E-state index is 0.527. The van der Waals surface area contributed by atoms with Crippen LogP contribution in [0, 0.1) is 0 Å². The number of pyridine rings is 1. The zero-order valence-corrected chi connectivity index (χ0v) is 17.1. The molecule has 6 nitrogen and oxygen atoms in total. The summed E-state index contributed by atoms with van der Waals surface area (Å²) in [5.74, 6) is 0.527. The van der Waals surface area contributed by atoms with Gasteiger partial charge in [0.1, 0.15) is 5.52 Å². The first-order chi connectivity index (χ1) is 14.8. The Hall–Kier alpha value is -3.22. The molecule has 0 unspecified atom stereocenters. The average molecular weight is 417 g/mol. The Morgan fingerprint density at radius 3 is 2.53 bits per heavy atom. The molecule has 4 aromatic rings. The van der Waals surface area contributed by atoms with E-state index in [4.69, 9.17) is 16.6 Å². The predicted molar refractivity (Wildman–Crippen MR) is 123 cm³/mol. The molecular weight excluding hydrogens is 396 g/mol. The van der Waals surface area contributed by atoms with Crippen LogP contribution in [0.4, 0.5) is 17.3 Å². The molecule has 30 heavy (non-hydrogen) atoms. The smallest absolute Gasteiger partial charge is 0.227 e. The van der Waals surface area contributed by atoms with Gasteiger partial charge in [-0.1, -0.05) is 29.8 Å². The van der Waals surface area contributed by atoms with Gasteiger partial charge in [-0.15, -0.1) is 0 Å². The fourth-order valence-corrected chi connectivity index (χ4v) is 3.90. The van der Waals surface area contributed by atoms with E-state index >= 15 is 0 Å². The van der Waals surface area contributed by atoms with Gasteiger partial charge in [-0.05, 0) is 36.4 Å². The molecule has 0 saturated carbocycles. The van der Waals surface area contributed by atoms with E-state index in [1.54, 1.807) is 6.20 Å². The number of hydrogen-bond acceptors (Lipinski definition) is 6. The second kappa shape index (κ2) is 8.26. The molecule has 1 fully saturated rings. The summed E-state index contributed by atoms with van der Waals surface area (Å²) in [6, 6.07) is 17.9. The highest BCUT2D eigenvalue weighted by molar-refractivity contribution is 6.33. The Morgan fingerprint density at radius 2 is 1.73 bits per heavy atom. The van der Waals surface area contributed by atoms with Crippen molar-refractivity contribution in [3.05, 3.63) is 72.0 Å². The molecule has 2 aromatic heterocycles. The van der Waals surface area contributed by atoms with Crippen LogP contribution in [0.3, 0.4) is 0 Å². The number of halogens is 1. The number of nitrogens with zero attached hydrogens (tertiary/aromatic N) is 4. The standard InChI is InChI=1S/C23H21ClN6/c24-20-4-2-1-3-19(20)22-21-16(9-10-26-22)15-27-23(29-21)28-17-5-7-18(8-6-17)30-13-11-25-12-14-30/h1-10,15,25H,11-14H2,(H,27,28,29). The van der Waals surface area contributed by atoms with Crippen LogP contribution in [0.1, 0.15) is 0 Å². The number of piperazine rings is 1. The molecule has 5 rings (SSSR count). The number of fused-ring (bicyclic) bond motifs is 1. The van der Waals surface area contributed by atoms with E-state index in [9.17, 15) is 0 Å². The first kappa shape index (κ1) is 18.8. The lowest BCUT2D eigenvalue weighted by Crippen LogP contribution is -2.43. The molecular formula is C23H21ClN6. The second-order valence-corrected chi connectivity index (χ2v) is 7.59. The Bertz CT molecular complexity index is 1170. The van der Waals surface area contributed by atoms with Crippen LogP contribution < -0.4 is 15.5 Å². The van der Waals surface area contributed by atoms with Crippen LogP contribution in [0.5, 0.6) is 0 Å². The van der Waals surface area contributed by atoms with Gasteiger partial charge in [-0.2, -0.15) is 0 Å². The van der Waals surface area contributed by atoms with Crippen molar-refractivity contribution in [3.63, 3.8) is 0 Å². The second-order valence-electron chi connectivity index (χ2n) is 7.18. The first-order valence-corrected chi connectivity index (χ1v) is 10.4. The van der Waals surface area contributed by atoms with Crippen molar-refractivity contribution >= 4 is 39.8 Å². The van der Waals surface area contributed by atoms with E-state index in [0.717, 1.165) is 54.0 Å². The van der Waals surface area contributed by atoms with E-state index in [1.165, 1.54) is 5.69 Å². The SMILES string of the molecule is Clc1ccccc1-c1nccc2cnc(Nc3ccc(N4CCNCC4)cc3)nc12. The van der Waals surface area contributed by atoms with Gasteiger partial charge in [0.2, 0.25) is 5.95 Å². The highest BCUT2D eigenvalue weighted by Crippen LogP contribution is 2.31. The van der Waals surface area contributed by atoms with E-state index in [-0.39, 0.29) is 0 Å². The Kier molecular flexibility index (Phi) is 5.17. The zero-order chi connectivity index (χ0) is 20.3. The molecule has 7 heteroatoms. The van der Waals surface area contributed by atoms with Gasteiger partial charge in [0.05, 0.1) is 10.7 Å². The molecule has 0 amide bonds. The lowest BCUT2D eigenvalue weighted by molar-refractivity contribution is 0.589. The van der Waals surface area contributed by atoms with Crippen LogP contribution in [-0.2, 0) is 0 Å². The molecule has 0 aliphatic carbocycles. The van der Waals surface area contributed by atoms with Crippen LogP contribution in [0.2, 0.25) is 5.02 Å². The summed E-state index contributed by atoms with van der Waals surface area (Å²) in [5.41, 5.74) is 4.54. The molecule has 2 aromatic carbocycles. The van der Waals surface area contributed by atoms with Crippen molar-refractivity contribution in [2.24, 2.45) is 0 Å². The van der Waals surface area contributed by atoms with Crippen molar-refractivity contribution in [2.75, 3.05) is 36.4 Å². The maximum atomic E-state index is 6.40. The average Bonchev–Trinajstić information content (AvgIpc) is 2.80. The molecule has 0 spiro atoms. The van der Waals surface area contributed by atoms with Gasteiger partial charge in [-0.3, -0.25) is 4.98 Å². The monoisotopic (exact) mass is 416 g/mol. The number of nitrogens with one attached hydrogen (secondary N) is 2. The molecule has 1 aliphatic rings. The highest BCUT2D eigenvalue weighted by Gasteiger charge is 2.12. The van der Waals surface area contributed by atoms with Crippen LogP contribution >= 0.6 is 11.6 Å². The van der Waals surface area contributed by atoms with Gasteiger partial charge in [0.15, 0.2) is 0 Å². The molecule has 150 valence electrons. The third-order valence-electron chi connectivity index (χ3n) is 5.23. The summed E-state index contributed by atoms with van der Waals surface area (Å²) in [4.78, 5) is 16.1. The van der Waals surface area contributed by atoms with E-state index in [2.05, 4.69) is 49.8 Å². The van der Waals surface area contributed by atoms with E-state index < -0.39 is 0 Å². The molecule has 0 bridgehead atoms. The Labute approximate surface area is 180 Å². The molecule has 3 heterocycles. The molecule has 2 N–H and O–H groups in total.